The van der Waals surface area contributed by atoms with Gasteiger partial charge in [-0.15, -0.1) is 0 Å². The van der Waals surface area contributed by atoms with E-state index in [-0.39, 0.29) is 11.5 Å². The number of benzene rings is 3. The lowest BCUT2D eigenvalue weighted by molar-refractivity contribution is 0.0811. The largest absolute Gasteiger partial charge is 0.305 e. The smallest absolute Gasteiger partial charge is 0.0572 e. The van der Waals surface area contributed by atoms with Crippen molar-refractivity contribution >= 4 is 0 Å². The molecule has 3 aromatic carbocycles. The van der Waals surface area contributed by atoms with Crippen molar-refractivity contribution in [1.29, 1.82) is 0 Å². The molecule has 1 N–H and O–H groups in total. The first-order valence-corrected chi connectivity index (χ1v) is 8.33. The molecule has 4 rings (SSSR count). The lowest BCUT2D eigenvalue weighted by atomic mass is 9.84. The predicted octanol–water partition coefficient (Wildman–Crippen LogP) is 4.29. The SMILES string of the molecule is CONC1C(c2ccccc2)C1(c1ccccc1)c1ccccc1. The maximum Gasteiger partial charge on any atom is 0.0572 e. The van der Waals surface area contributed by atoms with E-state index in [0.717, 1.165) is 0 Å². The highest BCUT2D eigenvalue weighted by Crippen LogP contribution is 2.64. The Bertz CT molecular complexity index is 746. The summed E-state index contributed by atoms with van der Waals surface area (Å²) in [5, 5.41) is 0. The minimum atomic E-state index is -0.111. The van der Waals surface area contributed by atoms with Crippen LogP contribution in [0.4, 0.5) is 0 Å². The third-order valence-electron chi connectivity index (χ3n) is 5.11. The van der Waals surface area contributed by atoms with Gasteiger partial charge in [0.2, 0.25) is 0 Å². The van der Waals surface area contributed by atoms with Crippen molar-refractivity contribution in [2.24, 2.45) is 0 Å². The molecule has 1 saturated carbocycles. The van der Waals surface area contributed by atoms with E-state index in [1.54, 1.807) is 7.11 Å². The zero-order valence-corrected chi connectivity index (χ0v) is 13.7. The van der Waals surface area contributed by atoms with Gasteiger partial charge in [-0.05, 0) is 16.7 Å². The van der Waals surface area contributed by atoms with Gasteiger partial charge in [0.15, 0.2) is 0 Å². The number of hydrogen-bond donors (Lipinski definition) is 1. The fourth-order valence-electron chi connectivity index (χ4n) is 4.10. The average molecular weight is 315 g/mol. The summed E-state index contributed by atoms with van der Waals surface area (Å²) in [6, 6.07) is 32.4. The molecule has 2 nitrogen and oxygen atoms in total. The van der Waals surface area contributed by atoms with Crippen LogP contribution in [0, 0.1) is 0 Å². The number of hydroxylamine groups is 1. The van der Waals surface area contributed by atoms with Gasteiger partial charge in [-0.25, -0.2) is 0 Å². The predicted molar refractivity (Wildman–Crippen MR) is 96.8 cm³/mol. The van der Waals surface area contributed by atoms with E-state index >= 15 is 0 Å². The van der Waals surface area contributed by atoms with E-state index in [1.165, 1.54) is 16.7 Å². The van der Waals surface area contributed by atoms with E-state index in [2.05, 4.69) is 96.5 Å². The van der Waals surface area contributed by atoms with Gasteiger partial charge in [-0.1, -0.05) is 91.0 Å². The van der Waals surface area contributed by atoms with Crippen LogP contribution in [0.1, 0.15) is 22.6 Å². The van der Waals surface area contributed by atoms with Gasteiger partial charge < -0.3 is 4.84 Å². The van der Waals surface area contributed by atoms with Crippen LogP contribution in [0.25, 0.3) is 0 Å². The van der Waals surface area contributed by atoms with Crippen molar-refractivity contribution in [2.75, 3.05) is 7.11 Å². The Morgan fingerprint density at radius 3 is 1.62 bits per heavy atom. The Kier molecular flexibility index (Phi) is 3.93. The summed E-state index contributed by atoms with van der Waals surface area (Å²) in [5.41, 5.74) is 7.12. The maximum atomic E-state index is 5.37. The monoisotopic (exact) mass is 315 g/mol. The van der Waals surface area contributed by atoms with Gasteiger partial charge in [0.05, 0.1) is 13.2 Å². The molecule has 1 fully saturated rings. The number of rotatable bonds is 5. The average Bonchev–Trinajstić information content (AvgIpc) is 3.33. The van der Waals surface area contributed by atoms with Crippen molar-refractivity contribution in [3.05, 3.63) is 108 Å². The van der Waals surface area contributed by atoms with Crippen LogP contribution in [-0.4, -0.2) is 13.2 Å². The van der Waals surface area contributed by atoms with E-state index in [4.69, 9.17) is 4.84 Å². The van der Waals surface area contributed by atoms with E-state index in [1.807, 2.05) is 0 Å². The quantitative estimate of drug-likeness (QED) is 0.709. The Morgan fingerprint density at radius 2 is 1.17 bits per heavy atom. The highest BCUT2D eigenvalue weighted by molar-refractivity contribution is 5.58. The molecule has 0 bridgehead atoms. The van der Waals surface area contributed by atoms with Crippen LogP contribution < -0.4 is 5.48 Å². The first kappa shape index (κ1) is 15.1. The maximum absolute atomic E-state index is 5.37. The van der Waals surface area contributed by atoms with Crippen molar-refractivity contribution in [2.45, 2.75) is 17.4 Å². The second-order valence-corrected chi connectivity index (χ2v) is 6.29. The standard InChI is InChI=1S/C22H21NO/c1-24-23-21-20(17-11-5-2-6-12-17)22(21,18-13-7-3-8-14-18)19-15-9-4-10-16-19/h2-16,20-21,23H,1H3. The van der Waals surface area contributed by atoms with E-state index < -0.39 is 0 Å². The summed E-state index contributed by atoms with van der Waals surface area (Å²) in [5.74, 6) is 0.337. The third kappa shape index (κ3) is 2.27. The zero-order chi connectivity index (χ0) is 16.4. The summed E-state index contributed by atoms with van der Waals surface area (Å²) < 4.78 is 0. The normalized spacial score (nSPS) is 21.4. The van der Waals surface area contributed by atoms with Crippen LogP contribution >= 0.6 is 0 Å². The van der Waals surface area contributed by atoms with Crippen LogP contribution in [-0.2, 0) is 10.3 Å². The lowest BCUT2D eigenvalue weighted by Crippen LogP contribution is -2.25. The molecule has 24 heavy (non-hydrogen) atoms. The molecule has 1 aliphatic carbocycles. The van der Waals surface area contributed by atoms with Gasteiger partial charge in [0, 0.05) is 11.3 Å². The molecule has 3 aromatic rings. The Morgan fingerprint density at radius 1 is 0.708 bits per heavy atom. The molecular formula is C22H21NO. The molecule has 2 atom stereocenters. The van der Waals surface area contributed by atoms with Crippen LogP contribution in [0.3, 0.4) is 0 Å². The third-order valence-corrected chi connectivity index (χ3v) is 5.11. The van der Waals surface area contributed by atoms with Crippen molar-refractivity contribution in [1.82, 2.24) is 5.48 Å². The molecular weight excluding hydrogens is 294 g/mol. The molecule has 0 spiro atoms. The highest BCUT2D eigenvalue weighted by Gasteiger charge is 2.67. The summed E-state index contributed by atoms with van der Waals surface area (Å²) in [6.07, 6.45) is 0. The zero-order valence-electron chi connectivity index (χ0n) is 13.7. The summed E-state index contributed by atoms with van der Waals surface area (Å²) in [4.78, 5) is 5.37. The molecule has 120 valence electrons. The summed E-state index contributed by atoms with van der Waals surface area (Å²) in [7, 11) is 1.70. The van der Waals surface area contributed by atoms with Gasteiger partial charge >= 0.3 is 0 Å². The van der Waals surface area contributed by atoms with Crippen molar-refractivity contribution in [3.63, 3.8) is 0 Å². The Labute approximate surface area is 143 Å². The molecule has 2 heteroatoms. The van der Waals surface area contributed by atoms with Gasteiger partial charge in [-0.3, -0.25) is 0 Å². The fourth-order valence-corrected chi connectivity index (χ4v) is 4.10. The minimum absolute atomic E-state index is 0.111. The van der Waals surface area contributed by atoms with Crippen LogP contribution in [0.5, 0.6) is 0 Å². The Balaban J connectivity index is 1.90. The van der Waals surface area contributed by atoms with Gasteiger partial charge in [-0.2, -0.15) is 5.48 Å². The lowest BCUT2D eigenvalue weighted by Gasteiger charge is -2.20. The summed E-state index contributed by atoms with van der Waals surface area (Å²) in [6.45, 7) is 0. The van der Waals surface area contributed by atoms with E-state index in [0.29, 0.717) is 5.92 Å². The number of hydrogen-bond acceptors (Lipinski definition) is 2. The van der Waals surface area contributed by atoms with Gasteiger partial charge in [0.1, 0.15) is 0 Å². The van der Waals surface area contributed by atoms with E-state index in [9.17, 15) is 0 Å². The molecule has 0 aromatic heterocycles. The summed E-state index contributed by atoms with van der Waals surface area (Å²) >= 11 is 0. The fraction of sp³-hybridized carbons (Fsp3) is 0.182. The number of nitrogens with one attached hydrogen (secondary N) is 1. The van der Waals surface area contributed by atoms with Crippen LogP contribution in [0.15, 0.2) is 91.0 Å². The Hall–Kier alpha value is -2.42. The molecule has 0 heterocycles. The molecule has 2 unspecified atom stereocenters. The second-order valence-electron chi connectivity index (χ2n) is 6.29. The first-order valence-electron chi connectivity index (χ1n) is 8.33. The minimum Gasteiger partial charge on any atom is -0.305 e. The molecule has 0 saturated heterocycles. The topological polar surface area (TPSA) is 21.3 Å². The second kappa shape index (κ2) is 6.23. The molecule has 0 aliphatic heterocycles. The van der Waals surface area contributed by atoms with Crippen molar-refractivity contribution in [3.8, 4) is 0 Å². The molecule has 1 aliphatic rings. The molecule has 0 amide bonds. The molecule has 0 radical (unpaired) electrons. The first-order chi connectivity index (χ1) is 11.9. The van der Waals surface area contributed by atoms with Crippen molar-refractivity contribution < 1.29 is 4.84 Å². The highest BCUT2D eigenvalue weighted by atomic mass is 16.6. The van der Waals surface area contributed by atoms with Gasteiger partial charge in [0.25, 0.3) is 0 Å². The van der Waals surface area contributed by atoms with Crippen LogP contribution in [0.2, 0.25) is 0 Å².